The molecule has 36 heavy (non-hydrogen) atoms. The number of hydrogen-bond acceptors (Lipinski definition) is 7. The third-order valence-electron chi connectivity index (χ3n) is 6.45. The Hall–Kier alpha value is -4.19. The fraction of sp³-hybridized carbons (Fsp3) is 0.333. The molecule has 0 bridgehead atoms. The van der Waals surface area contributed by atoms with E-state index in [9.17, 15) is 14.0 Å². The third-order valence-corrected chi connectivity index (χ3v) is 6.45. The van der Waals surface area contributed by atoms with Gasteiger partial charge in [-0.25, -0.2) is 8.91 Å². The molecule has 2 amide bonds. The van der Waals surface area contributed by atoms with Gasteiger partial charge in [0.2, 0.25) is 5.91 Å². The molecule has 1 aliphatic rings. The lowest BCUT2D eigenvalue weighted by Crippen LogP contribution is -2.35. The Balaban J connectivity index is 1.32. The van der Waals surface area contributed by atoms with Crippen LogP contribution < -0.4 is 10.6 Å². The van der Waals surface area contributed by atoms with Gasteiger partial charge in [0.05, 0.1) is 41.5 Å². The Morgan fingerprint density at radius 2 is 2.06 bits per heavy atom. The predicted molar refractivity (Wildman–Crippen MR) is 131 cm³/mol. The zero-order valence-electron chi connectivity index (χ0n) is 20.2. The number of aryl methyl sites for hydroxylation is 2. The molecular formula is C24H26FN9O2. The first-order chi connectivity index (χ1) is 17.3. The summed E-state index contributed by atoms with van der Waals surface area (Å²) < 4.78 is 17.0. The molecule has 1 saturated heterocycles. The van der Waals surface area contributed by atoms with Crippen molar-refractivity contribution in [3.8, 4) is 11.3 Å². The van der Waals surface area contributed by atoms with Crippen LogP contribution in [0.3, 0.4) is 0 Å². The highest BCUT2D eigenvalue weighted by Crippen LogP contribution is 2.24. The molecule has 1 atom stereocenters. The number of aromatic nitrogens is 6. The number of pyridine rings is 2. The molecule has 1 aliphatic heterocycles. The largest absolute Gasteiger partial charge is 0.324 e. The maximum absolute atomic E-state index is 14.1. The molecule has 4 aromatic rings. The van der Waals surface area contributed by atoms with Gasteiger partial charge < -0.3 is 10.6 Å². The normalized spacial score (nSPS) is 15.9. The van der Waals surface area contributed by atoms with E-state index >= 15 is 0 Å². The van der Waals surface area contributed by atoms with Gasteiger partial charge in [-0.15, -0.1) is 5.10 Å². The number of anilines is 2. The standard InChI is InChI=1S/C24H26FN9O2/c1-14-5-4-8-33(14)13-21(35)28-17-9-19(15(2)26-10-17)29-24(36)22-20-7-6-16(12-34(20)31-30-22)23-18(25)11-27-32(23)3/h6-7,9-12,14H,4-5,8,13H2,1-3H3,(H,28,35)(H,29,36)/t14-/m0/s1. The highest BCUT2D eigenvalue weighted by Gasteiger charge is 2.23. The van der Waals surface area contributed by atoms with Crippen LogP contribution in [-0.2, 0) is 11.8 Å². The van der Waals surface area contributed by atoms with Gasteiger partial charge in [0.1, 0.15) is 5.69 Å². The SMILES string of the molecule is Cc1ncc(NC(=O)CN2CCC[C@@H]2C)cc1NC(=O)c1nnn2cc(-c3c(F)cnn3C)ccc12. The van der Waals surface area contributed by atoms with Crippen LogP contribution in [0.4, 0.5) is 15.8 Å². The quantitative estimate of drug-likeness (QED) is 0.425. The highest BCUT2D eigenvalue weighted by molar-refractivity contribution is 6.08. The summed E-state index contributed by atoms with van der Waals surface area (Å²) in [6, 6.07) is 5.39. The van der Waals surface area contributed by atoms with E-state index in [1.54, 1.807) is 44.6 Å². The summed E-state index contributed by atoms with van der Waals surface area (Å²) in [7, 11) is 1.64. The van der Waals surface area contributed by atoms with E-state index in [0.29, 0.717) is 46.4 Å². The summed E-state index contributed by atoms with van der Waals surface area (Å²) in [5, 5.41) is 17.6. The minimum absolute atomic E-state index is 0.101. The van der Waals surface area contributed by atoms with Crippen LogP contribution in [0.1, 0.15) is 35.9 Å². The molecule has 0 aliphatic carbocycles. The Morgan fingerprint density at radius 3 is 2.78 bits per heavy atom. The van der Waals surface area contributed by atoms with Crippen molar-refractivity contribution in [2.24, 2.45) is 7.05 Å². The Labute approximate surface area is 206 Å². The lowest BCUT2D eigenvalue weighted by molar-refractivity contribution is -0.117. The van der Waals surface area contributed by atoms with E-state index < -0.39 is 11.7 Å². The Morgan fingerprint density at radius 1 is 1.22 bits per heavy atom. The average molecular weight is 492 g/mol. The highest BCUT2D eigenvalue weighted by atomic mass is 19.1. The van der Waals surface area contributed by atoms with Gasteiger partial charge in [-0.1, -0.05) is 5.21 Å². The van der Waals surface area contributed by atoms with Crippen molar-refractivity contribution in [3.05, 3.63) is 54.0 Å². The minimum Gasteiger partial charge on any atom is -0.324 e. The van der Waals surface area contributed by atoms with Crippen molar-refractivity contribution in [1.29, 1.82) is 0 Å². The van der Waals surface area contributed by atoms with Gasteiger partial charge in [-0.3, -0.25) is 24.2 Å². The molecule has 4 aromatic heterocycles. The number of nitrogens with zero attached hydrogens (tertiary/aromatic N) is 7. The van der Waals surface area contributed by atoms with E-state index in [0.717, 1.165) is 25.6 Å². The summed E-state index contributed by atoms with van der Waals surface area (Å²) >= 11 is 0. The van der Waals surface area contributed by atoms with Gasteiger partial charge in [0.15, 0.2) is 11.5 Å². The molecule has 0 aromatic carbocycles. The molecule has 2 N–H and O–H groups in total. The van der Waals surface area contributed by atoms with Crippen LogP contribution in [-0.4, -0.2) is 65.4 Å². The van der Waals surface area contributed by atoms with E-state index in [1.165, 1.54) is 9.20 Å². The molecule has 11 nitrogen and oxygen atoms in total. The van der Waals surface area contributed by atoms with Crippen LogP contribution in [0.25, 0.3) is 16.8 Å². The third kappa shape index (κ3) is 4.54. The smallest absolute Gasteiger partial charge is 0.278 e. The molecule has 0 saturated carbocycles. The lowest BCUT2D eigenvalue weighted by Gasteiger charge is -2.20. The second-order valence-electron chi connectivity index (χ2n) is 8.97. The van der Waals surface area contributed by atoms with Gasteiger partial charge in [-0.05, 0) is 51.4 Å². The van der Waals surface area contributed by atoms with E-state index in [4.69, 9.17) is 0 Å². The molecule has 5 rings (SSSR count). The first-order valence-electron chi connectivity index (χ1n) is 11.6. The molecule has 0 radical (unpaired) electrons. The molecule has 186 valence electrons. The van der Waals surface area contributed by atoms with Crippen molar-refractivity contribution in [1.82, 2.24) is 34.5 Å². The summed E-state index contributed by atoms with van der Waals surface area (Å²) in [5.41, 5.74) is 2.92. The van der Waals surface area contributed by atoms with Crippen LogP contribution in [0, 0.1) is 12.7 Å². The number of rotatable bonds is 6. The summed E-state index contributed by atoms with van der Waals surface area (Å²) in [5.74, 6) is -1.07. The predicted octanol–water partition coefficient (Wildman–Crippen LogP) is 2.65. The maximum Gasteiger partial charge on any atom is 0.278 e. The monoisotopic (exact) mass is 491 g/mol. The molecule has 5 heterocycles. The number of amides is 2. The number of carbonyl (C=O) groups excluding carboxylic acids is 2. The molecule has 1 fully saturated rings. The molecule has 0 spiro atoms. The summed E-state index contributed by atoms with van der Waals surface area (Å²) in [6.45, 7) is 5.10. The Bertz CT molecular complexity index is 1440. The van der Waals surface area contributed by atoms with Crippen molar-refractivity contribution in [2.75, 3.05) is 23.7 Å². The van der Waals surface area contributed by atoms with Gasteiger partial charge in [0.25, 0.3) is 5.91 Å². The fourth-order valence-corrected chi connectivity index (χ4v) is 4.45. The minimum atomic E-state index is -0.483. The van der Waals surface area contributed by atoms with E-state index in [1.807, 2.05) is 0 Å². The fourth-order valence-electron chi connectivity index (χ4n) is 4.45. The first kappa shape index (κ1) is 23.5. The van der Waals surface area contributed by atoms with Crippen molar-refractivity contribution in [3.63, 3.8) is 0 Å². The maximum atomic E-state index is 14.1. The zero-order valence-corrected chi connectivity index (χ0v) is 20.2. The van der Waals surface area contributed by atoms with Gasteiger partial charge in [0, 0.05) is 24.8 Å². The topological polar surface area (TPSA) is 122 Å². The van der Waals surface area contributed by atoms with Crippen molar-refractivity contribution in [2.45, 2.75) is 32.7 Å². The molecular weight excluding hydrogens is 465 g/mol. The van der Waals surface area contributed by atoms with E-state index in [-0.39, 0.29) is 11.6 Å². The van der Waals surface area contributed by atoms with Crippen LogP contribution in [0.5, 0.6) is 0 Å². The number of fused-ring (bicyclic) bond motifs is 1. The Kier molecular flexibility index (Phi) is 6.18. The van der Waals surface area contributed by atoms with Gasteiger partial charge in [-0.2, -0.15) is 5.10 Å². The lowest BCUT2D eigenvalue weighted by atomic mass is 10.2. The molecule has 12 heteroatoms. The average Bonchev–Trinajstić information content (AvgIpc) is 3.54. The molecule has 0 unspecified atom stereocenters. The van der Waals surface area contributed by atoms with Crippen LogP contribution >= 0.6 is 0 Å². The summed E-state index contributed by atoms with van der Waals surface area (Å²) in [6.07, 6.45) is 6.47. The van der Waals surface area contributed by atoms with Gasteiger partial charge >= 0.3 is 0 Å². The summed E-state index contributed by atoms with van der Waals surface area (Å²) in [4.78, 5) is 32.0. The number of hydrogen-bond donors (Lipinski definition) is 2. The second kappa shape index (κ2) is 9.46. The number of likely N-dealkylation sites (tertiary alicyclic amines) is 1. The van der Waals surface area contributed by atoms with Crippen molar-refractivity contribution >= 4 is 28.7 Å². The second-order valence-corrected chi connectivity index (χ2v) is 8.97. The number of halogens is 1. The van der Waals surface area contributed by atoms with Crippen LogP contribution in [0.15, 0.2) is 36.8 Å². The van der Waals surface area contributed by atoms with E-state index in [2.05, 4.69) is 42.9 Å². The zero-order chi connectivity index (χ0) is 25.4. The number of carbonyl (C=O) groups is 2. The van der Waals surface area contributed by atoms with Crippen LogP contribution in [0.2, 0.25) is 0 Å². The number of nitrogens with one attached hydrogen (secondary N) is 2. The first-order valence-corrected chi connectivity index (χ1v) is 11.6. The van der Waals surface area contributed by atoms with Crippen molar-refractivity contribution < 1.29 is 14.0 Å².